The molecular weight excluding hydrogens is 155 g/mol. The maximum Gasteiger partial charge on any atom is -0.0271 e. The summed E-state index contributed by atoms with van der Waals surface area (Å²) in [4.78, 5) is 0. The van der Waals surface area contributed by atoms with Gasteiger partial charge in [0.25, 0.3) is 0 Å². The highest BCUT2D eigenvalue weighted by Gasteiger charge is 1.97. The molecule has 0 fully saturated rings. The lowest BCUT2D eigenvalue weighted by Gasteiger charge is -2.05. The van der Waals surface area contributed by atoms with Gasteiger partial charge >= 0.3 is 0 Å². The topological polar surface area (TPSA) is 31.5 Å². The van der Waals surface area contributed by atoms with E-state index in [4.69, 9.17) is 0 Å². The molecule has 1 aromatic carbocycles. The molecule has 1 atom stereocenters. The molecule has 11 heavy (non-hydrogen) atoms. The Labute approximate surface area is 70.3 Å². The molecule has 62 valence electrons. The van der Waals surface area contributed by atoms with Crippen LogP contribution in [0.3, 0.4) is 0 Å². The highest BCUT2D eigenvalue weighted by Crippen LogP contribution is 2.10. The van der Waals surface area contributed by atoms with Crippen molar-refractivity contribution in [2.45, 2.75) is 20.8 Å². The molecule has 0 aliphatic heterocycles. The zero-order valence-electron chi connectivity index (χ0n) is 7.23. The van der Waals surface area contributed by atoms with E-state index in [9.17, 15) is 0 Å². The maximum atomic E-state index is 2.74. The van der Waals surface area contributed by atoms with Crippen LogP contribution in [0.5, 0.6) is 0 Å². The Hall–Kier alpha value is -0.390. The standard InChI is InChI=1S/C9H13P.H2O/c1-6-4-5-9(10)8(3)7(6)2;/h4-5H,10H2,1-3H3;1H2. The second kappa shape index (κ2) is 3.85. The third-order valence-electron chi connectivity index (χ3n) is 2.10. The van der Waals surface area contributed by atoms with Crippen LogP contribution >= 0.6 is 9.24 Å². The second-order valence-electron chi connectivity index (χ2n) is 2.72. The lowest BCUT2D eigenvalue weighted by atomic mass is 10.1. The van der Waals surface area contributed by atoms with Crippen LogP contribution in [0.1, 0.15) is 16.7 Å². The van der Waals surface area contributed by atoms with Gasteiger partial charge in [-0.15, -0.1) is 9.24 Å². The molecule has 0 saturated heterocycles. The van der Waals surface area contributed by atoms with E-state index in [1.165, 1.54) is 22.0 Å². The molecule has 0 heterocycles. The number of hydrogen-bond donors (Lipinski definition) is 0. The van der Waals surface area contributed by atoms with Crippen molar-refractivity contribution in [1.82, 2.24) is 0 Å². The zero-order valence-corrected chi connectivity index (χ0v) is 8.39. The molecule has 0 aromatic heterocycles. The smallest absolute Gasteiger partial charge is 0.0271 e. The van der Waals surface area contributed by atoms with Crippen molar-refractivity contribution in [1.29, 1.82) is 0 Å². The average molecular weight is 170 g/mol. The minimum atomic E-state index is 0. The third kappa shape index (κ3) is 2.02. The Kier molecular flexibility index (Phi) is 3.71. The Bertz CT molecular complexity index is 229. The average Bonchev–Trinajstić information content (AvgIpc) is 1.93. The van der Waals surface area contributed by atoms with Gasteiger partial charge in [0.1, 0.15) is 0 Å². The molecule has 1 rings (SSSR count). The minimum absolute atomic E-state index is 0. The summed E-state index contributed by atoms with van der Waals surface area (Å²) in [6, 6.07) is 4.30. The molecule has 2 heteroatoms. The maximum absolute atomic E-state index is 2.74. The molecule has 1 unspecified atom stereocenters. The Morgan fingerprint density at radius 1 is 1.00 bits per heavy atom. The SMILES string of the molecule is Cc1ccc(P)c(C)c1C.O. The summed E-state index contributed by atoms with van der Waals surface area (Å²) >= 11 is 0. The van der Waals surface area contributed by atoms with E-state index in [-0.39, 0.29) is 5.48 Å². The molecule has 0 spiro atoms. The normalized spacial score (nSPS) is 9.09. The van der Waals surface area contributed by atoms with Gasteiger partial charge in [-0.2, -0.15) is 0 Å². The van der Waals surface area contributed by atoms with Crippen LogP contribution in [-0.2, 0) is 0 Å². The summed E-state index contributed by atoms with van der Waals surface area (Å²) in [5.41, 5.74) is 4.18. The summed E-state index contributed by atoms with van der Waals surface area (Å²) in [6.45, 7) is 6.47. The fourth-order valence-corrected chi connectivity index (χ4v) is 1.29. The van der Waals surface area contributed by atoms with E-state index in [0.29, 0.717) is 0 Å². The second-order valence-corrected chi connectivity index (χ2v) is 3.34. The van der Waals surface area contributed by atoms with Gasteiger partial charge in [0.05, 0.1) is 0 Å². The monoisotopic (exact) mass is 170 g/mol. The largest absolute Gasteiger partial charge is 0.412 e. The lowest BCUT2D eigenvalue weighted by Crippen LogP contribution is -2.00. The number of benzene rings is 1. The van der Waals surface area contributed by atoms with E-state index >= 15 is 0 Å². The molecule has 0 bridgehead atoms. The van der Waals surface area contributed by atoms with Gasteiger partial charge in [-0.25, -0.2) is 0 Å². The Morgan fingerprint density at radius 3 is 2.00 bits per heavy atom. The summed E-state index contributed by atoms with van der Waals surface area (Å²) in [6.07, 6.45) is 0. The van der Waals surface area contributed by atoms with Crippen molar-refractivity contribution in [2.24, 2.45) is 0 Å². The van der Waals surface area contributed by atoms with Crippen LogP contribution in [0.25, 0.3) is 0 Å². The first-order valence-corrected chi connectivity index (χ1v) is 4.03. The minimum Gasteiger partial charge on any atom is -0.412 e. The Balaban J connectivity index is 0.000001000. The van der Waals surface area contributed by atoms with Crippen LogP contribution in [0.4, 0.5) is 0 Å². The molecule has 0 aliphatic carbocycles. The molecular formula is C9H15OP. The van der Waals surface area contributed by atoms with E-state index < -0.39 is 0 Å². The van der Waals surface area contributed by atoms with Crippen molar-refractivity contribution < 1.29 is 5.48 Å². The van der Waals surface area contributed by atoms with Crippen molar-refractivity contribution in [2.75, 3.05) is 0 Å². The lowest BCUT2D eigenvalue weighted by molar-refractivity contribution is 0.824. The number of hydrogen-bond acceptors (Lipinski definition) is 0. The molecule has 1 nitrogen and oxygen atoms in total. The first kappa shape index (κ1) is 10.6. The van der Waals surface area contributed by atoms with Gasteiger partial charge in [0.2, 0.25) is 0 Å². The fraction of sp³-hybridized carbons (Fsp3) is 0.333. The van der Waals surface area contributed by atoms with Crippen molar-refractivity contribution in [3.05, 3.63) is 28.8 Å². The van der Waals surface area contributed by atoms with Gasteiger partial charge < -0.3 is 5.48 Å². The highest BCUT2D eigenvalue weighted by atomic mass is 31.0. The predicted octanol–water partition coefficient (Wildman–Crippen LogP) is 1.29. The van der Waals surface area contributed by atoms with Crippen LogP contribution in [0.15, 0.2) is 12.1 Å². The van der Waals surface area contributed by atoms with Crippen LogP contribution in [-0.4, -0.2) is 5.48 Å². The van der Waals surface area contributed by atoms with E-state index in [2.05, 4.69) is 42.1 Å². The number of aryl methyl sites for hydroxylation is 1. The first-order chi connectivity index (χ1) is 4.63. The van der Waals surface area contributed by atoms with Crippen molar-refractivity contribution in [3.63, 3.8) is 0 Å². The van der Waals surface area contributed by atoms with E-state index in [0.717, 1.165) is 0 Å². The third-order valence-corrected chi connectivity index (χ3v) is 2.73. The van der Waals surface area contributed by atoms with Crippen molar-refractivity contribution >= 4 is 14.5 Å². The fourth-order valence-electron chi connectivity index (χ4n) is 0.977. The van der Waals surface area contributed by atoms with E-state index in [1.807, 2.05) is 0 Å². The summed E-state index contributed by atoms with van der Waals surface area (Å²) in [5, 5.41) is 1.31. The summed E-state index contributed by atoms with van der Waals surface area (Å²) in [5.74, 6) is 0. The van der Waals surface area contributed by atoms with Crippen LogP contribution < -0.4 is 5.30 Å². The zero-order chi connectivity index (χ0) is 7.72. The van der Waals surface area contributed by atoms with Gasteiger partial charge in [-0.05, 0) is 42.8 Å². The summed E-state index contributed by atoms with van der Waals surface area (Å²) in [7, 11) is 2.74. The van der Waals surface area contributed by atoms with Crippen LogP contribution in [0, 0.1) is 20.8 Å². The number of rotatable bonds is 0. The van der Waals surface area contributed by atoms with E-state index in [1.54, 1.807) is 0 Å². The molecule has 2 N–H and O–H groups in total. The summed E-state index contributed by atoms with van der Waals surface area (Å²) < 4.78 is 0. The van der Waals surface area contributed by atoms with Crippen LogP contribution in [0.2, 0.25) is 0 Å². The molecule has 0 amide bonds. The molecule has 0 saturated carbocycles. The van der Waals surface area contributed by atoms with Crippen molar-refractivity contribution in [3.8, 4) is 0 Å². The molecule has 1 aromatic rings. The quantitative estimate of drug-likeness (QED) is 0.525. The van der Waals surface area contributed by atoms with Gasteiger partial charge in [-0.1, -0.05) is 12.1 Å². The van der Waals surface area contributed by atoms with Gasteiger partial charge in [-0.3, -0.25) is 0 Å². The predicted molar refractivity (Wildman–Crippen MR) is 53.6 cm³/mol. The van der Waals surface area contributed by atoms with Gasteiger partial charge in [0.15, 0.2) is 0 Å². The molecule has 0 radical (unpaired) electrons. The highest BCUT2D eigenvalue weighted by molar-refractivity contribution is 7.27. The molecule has 0 aliphatic rings. The first-order valence-electron chi connectivity index (χ1n) is 3.45. The Morgan fingerprint density at radius 2 is 1.55 bits per heavy atom. The van der Waals surface area contributed by atoms with Gasteiger partial charge in [0, 0.05) is 0 Å².